The van der Waals surface area contributed by atoms with Crippen molar-refractivity contribution in [1.82, 2.24) is 0 Å². The van der Waals surface area contributed by atoms with Gasteiger partial charge in [-0.25, -0.2) is 0 Å². The van der Waals surface area contributed by atoms with E-state index in [0.717, 1.165) is 12.2 Å². The third kappa shape index (κ3) is 2.71. The minimum Gasteiger partial charge on any atom is -0.490 e. The predicted molar refractivity (Wildman–Crippen MR) is 67.6 cm³/mol. The molecule has 3 nitrogen and oxygen atoms in total. The molecule has 1 aliphatic rings. The quantitative estimate of drug-likeness (QED) is 0.794. The predicted octanol–water partition coefficient (Wildman–Crippen LogP) is 3.10. The van der Waals surface area contributed by atoms with Crippen LogP contribution in [0, 0.1) is 17.2 Å². The number of rotatable bonds is 2. The van der Waals surface area contributed by atoms with E-state index in [0.29, 0.717) is 17.2 Å². The minimum absolute atomic E-state index is 0.277. The summed E-state index contributed by atoms with van der Waals surface area (Å²) in [6.07, 6.45) is 5.14. The van der Waals surface area contributed by atoms with Crippen molar-refractivity contribution >= 4 is 5.69 Å². The molecule has 1 fully saturated rings. The Kier molecular flexibility index (Phi) is 3.53. The van der Waals surface area contributed by atoms with Gasteiger partial charge in [0.1, 0.15) is 17.9 Å². The molecule has 0 heterocycles. The number of anilines is 1. The third-order valence-corrected chi connectivity index (χ3v) is 3.47. The van der Waals surface area contributed by atoms with Gasteiger partial charge in [-0.05, 0) is 43.4 Å². The molecule has 0 radical (unpaired) electrons. The Labute approximate surface area is 102 Å². The molecule has 2 unspecified atom stereocenters. The van der Waals surface area contributed by atoms with E-state index in [-0.39, 0.29) is 6.10 Å². The molecule has 1 aliphatic carbocycles. The van der Waals surface area contributed by atoms with E-state index in [2.05, 4.69) is 13.0 Å². The molecule has 0 amide bonds. The Morgan fingerprint density at radius 3 is 2.82 bits per heavy atom. The number of nitrogens with zero attached hydrogens (tertiary/aromatic N) is 1. The molecule has 17 heavy (non-hydrogen) atoms. The monoisotopic (exact) mass is 230 g/mol. The summed E-state index contributed by atoms with van der Waals surface area (Å²) in [7, 11) is 0. The smallest absolute Gasteiger partial charge is 0.121 e. The lowest BCUT2D eigenvalue weighted by atomic mass is 9.88. The molecule has 0 aromatic heterocycles. The number of benzene rings is 1. The number of ether oxygens (including phenoxy) is 1. The standard InChI is InChI=1S/C14H18N2O/c1-10-4-2-3-5-14(10)17-12-6-7-13(16)11(8-12)9-15/h6-8,10,14H,2-5,16H2,1H3. The zero-order valence-electron chi connectivity index (χ0n) is 10.1. The van der Waals surface area contributed by atoms with E-state index < -0.39 is 0 Å². The van der Waals surface area contributed by atoms with E-state index >= 15 is 0 Å². The third-order valence-electron chi connectivity index (χ3n) is 3.47. The molecular weight excluding hydrogens is 212 g/mol. The Bertz CT molecular complexity index is 436. The number of hydrogen-bond acceptors (Lipinski definition) is 3. The highest BCUT2D eigenvalue weighted by atomic mass is 16.5. The lowest BCUT2D eigenvalue weighted by Gasteiger charge is -2.29. The van der Waals surface area contributed by atoms with Crippen LogP contribution >= 0.6 is 0 Å². The minimum atomic E-state index is 0.277. The maximum Gasteiger partial charge on any atom is 0.121 e. The Hall–Kier alpha value is -1.69. The number of hydrogen-bond donors (Lipinski definition) is 1. The maximum atomic E-state index is 8.92. The van der Waals surface area contributed by atoms with Crippen LogP contribution in [0.4, 0.5) is 5.69 Å². The molecule has 1 aromatic rings. The van der Waals surface area contributed by atoms with Crippen LogP contribution in [-0.2, 0) is 0 Å². The van der Waals surface area contributed by atoms with Crippen LogP contribution in [-0.4, -0.2) is 6.10 Å². The van der Waals surface area contributed by atoms with Crippen molar-refractivity contribution in [2.75, 3.05) is 5.73 Å². The van der Waals surface area contributed by atoms with Crippen molar-refractivity contribution in [1.29, 1.82) is 5.26 Å². The summed E-state index contributed by atoms with van der Waals surface area (Å²) in [5.41, 5.74) is 6.68. The molecule has 2 rings (SSSR count). The van der Waals surface area contributed by atoms with E-state index in [1.807, 2.05) is 6.07 Å². The lowest BCUT2D eigenvalue weighted by Crippen LogP contribution is -2.28. The van der Waals surface area contributed by atoms with Gasteiger partial charge in [0.15, 0.2) is 0 Å². The van der Waals surface area contributed by atoms with Crippen molar-refractivity contribution in [3.63, 3.8) is 0 Å². The van der Waals surface area contributed by atoms with Crippen LogP contribution in [0.25, 0.3) is 0 Å². The first-order valence-corrected chi connectivity index (χ1v) is 6.17. The SMILES string of the molecule is CC1CCCCC1Oc1ccc(N)c(C#N)c1. The molecule has 2 N–H and O–H groups in total. The zero-order valence-corrected chi connectivity index (χ0v) is 10.1. The second-order valence-electron chi connectivity index (χ2n) is 4.78. The Morgan fingerprint density at radius 2 is 2.12 bits per heavy atom. The summed E-state index contributed by atoms with van der Waals surface area (Å²) in [6, 6.07) is 7.39. The van der Waals surface area contributed by atoms with Crippen LogP contribution < -0.4 is 10.5 Å². The topological polar surface area (TPSA) is 59.0 Å². The van der Waals surface area contributed by atoms with E-state index in [1.54, 1.807) is 12.1 Å². The van der Waals surface area contributed by atoms with Gasteiger partial charge in [-0.3, -0.25) is 0 Å². The van der Waals surface area contributed by atoms with Gasteiger partial charge < -0.3 is 10.5 Å². The molecule has 1 saturated carbocycles. The molecule has 1 aromatic carbocycles. The average Bonchev–Trinajstić information content (AvgIpc) is 2.34. The Morgan fingerprint density at radius 1 is 1.35 bits per heavy atom. The van der Waals surface area contributed by atoms with Gasteiger partial charge in [0.2, 0.25) is 0 Å². The van der Waals surface area contributed by atoms with Crippen molar-refractivity contribution < 1.29 is 4.74 Å². The molecule has 0 saturated heterocycles. The zero-order chi connectivity index (χ0) is 12.3. The fourth-order valence-corrected chi connectivity index (χ4v) is 2.34. The van der Waals surface area contributed by atoms with Gasteiger partial charge in [-0.15, -0.1) is 0 Å². The van der Waals surface area contributed by atoms with Gasteiger partial charge in [-0.1, -0.05) is 13.3 Å². The molecule has 0 bridgehead atoms. The molecule has 2 atom stereocenters. The highest BCUT2D eigenvalue weighted by Crippen LogP contribution is 2.29. The van der Waals surface area contributed by atoms with Crippen LogP contribution in [0.3, 0.4) is 0 Å². The number of nitrogens with two attached hydrogens (primary N) is 1. The highest BCUT2D eigenvalue weighted by molar-refractivity contribution is 5.56. The van der Waals surface area contributed by atoms with Gasteiger partial charge in [0.05, 0.1) is 5.56 Å². The highest BCUT2D eigenvalue weighted by Gasteiger charge is 2.22. The maximum absolute atomic E-state index is 8.92. The first kappa shape index (κ1) is 11.8. The largest absolute Gasteiger partial charge is 0.490 e. The summed E-state index contributed by atoms with van der Waals surface area (Å²) in [4.78, 5) is 0. The molecular formula is C14H18N2O. The summed E-state index contributed by atoms with van der Waals surface area (Å²) in [5, 5.41) is 8.92. The molecule has 90 valence electrons. The average molecular weight is 230 g/mol. The normalized spacial score (nSPS) is 24.0. The Balaban J connectivity index is 2.10. The second kappa shape index (κ2) is 5.09. The van der Waals surface area contributed by atoms with Crippen molar-refractivity contribution in [2.45, 2.75) is 38.7 Å². The van der Waals surface area contributed by atoms with Crippen LogP contribution in [0.5, 0.6) is 5.75 Å². The van der Waals surface area contributed by atoms with Gasteiger partial charge in [0, 0.05) is 5.69 Å². The first-order chi connectivity index (χ1) is 8.20. The molecule has 3 heteroatoms. The fraction of sp³-hybridized carbons (Fsp3) is 0.500. The van der Waals surface area contributed by atoms with Crippen LogP contribution in [0.15, 0.2) is 18.2 Å². The summed E-state index contributed by atoms with van der Waals surface area (Å²) in [5.74, 6) is 1.35. The van der Waals surface area contributed by atoms with Crippen LogP contribution in [0.1, 0.15) is 38.2 Å². The molecule has 0 spiro atoms. The molecule has 0 aliphatic heterocycles. The van der Waals surface area contributed by atoms with Gasteiger partial charge >= 0.3 is 0 Å². The van der Waals surface area contributed by atoms with Gasteiger partial charge in [-0.2, -0.15) is 5.26 Å². The van der Waals surface area contributed by atoms with Crippen LogP contribution in [0.2, 0.25) is 0 Å². The van der Waals surface area contributed by atoms with Crippen molar-refractivity contribution in [3.8, 4) is 11.8 Å². The fourth-order valence-electron chi connectivity index (χ4n) is 2.34. The van der Waals surface area contributed by atoms with E-state index in [1.165, 1.54) is 19.3 Å². The van der Waals surface area contributed by atoms with E-state index in [9.17, 15) is 0 Å². The second-order valence-corrected chi connectivity index (χ2v) is 4.78. The lowest BCUT2D eigenvalue weighted by molar-refractivity contribution is 0.102. The number of nitriles is 1. The summed E-state index contributed by atoms with van der Waals surface area (Å²) >= 11 is 0. The van der Waals surface area contributed by atoms with Gasteiger partial charge in [0.25, 0.3) is 0 Å². The van der Waals surface area contributed by atoms with Crippen molar-refractivity contribution in [3.05, 3.63) is 23.8 Å². The number of nitrogen functional groups attached to an aromatic ring is 1. The first-order valence-electron chi connectivity index (χ1n) is 6.17. The van der Waals surface area contributed by atoms with Crippen molar-refractivity contribution in [2.24, 2.45) is 5.92 Å². The summed E-state index contributed by atoms with van der Waals surface area (Å²) < 4.78 is 5.96. The van der Waals surface area contributed by atoms with E-state index in [4.69, 9.17) is 15.7 Å². The summed E-state index contributed by atoms with van der Waals surface area (Å²) in [6.45, 7) is 2.23.